The number of piperidine rings is 1. The Kier molecular flexibility index (Phi) is 6.03. The summed E-state index contributed by atoms with van der Waals surface area (Å²) in [5.74, 6) is -0.650. The second-order valence-electron chi connectivity index (χ2n) is 6.41. The molecule has 0 radical (unpaired) electrons. The van der Waals surface area contributed by atoms with Gasteiger partial charge in [-0.15, -0.1) is 0 Å². The zero-order valence-corrected chi connectivity index (χ0v) is 15.0. The highest BCUT2D eigenvalue weighted by Gasteiger charge is 2.21. The molecule has 1 aliphatic heterocycles. The minimum Gasteiger partial charge on any atom is -0.495 e. The molecule has 3 N–H and O–H groups in total. The molecular formula is C20H22FN3O3. The van der Waals surface area contributed by atoms with Gasteiger partial charge in [0, 0.05) is 17.8 Å². The average molecular weight is 371 g/mol. The van der Waals surface area contributed by atoms with Crippen molar-refractivity contribution < 1.29 is 18.7 Å². The van der Waals surface area contributed by atoms with Gasteiger partial charge in [-0.05, 0) is 55.8 Å². The summed E-state index contributed by atoms with van der Waals surface area (Å²) in [7, 11) is 1.49. The highest BCUT2D eigenvalue weighted by molar-refractivity contribution is 6.05. The van der Waals surface area contributed by atoms with Gasteiger partial charge in [-0.2, -0.15) is 0 Å². The van der Waals surface area contributed by atoms with Crippen LogP contribution in [0.3, 0.4) is 0 Å². The molecule has 0 aromatic heterocycles. The first-order chi connectivity index (χ1) is 13.1. The number of carbonyl (C=O) groups excluding carboxylic acids is 2. The van der Waals surface area contributed by atoms with Gasteiger partial charge in [0.2, 0.25) is 5.91 Å². The van der Waals surface area contributed by atoms with Gasteiger partial charge in [-0.1, -0.05) is 6.07 Å². The molecule has 2 aromatic carbocycles. The summed E-state index contributed by atoms with van der Waals surface area (Å²) in [5.41, 5.74) is 1.15. The zero-order valence-electron chi connectivity index (χ0n) is 15.0. The Balaban J connectivity index is 1.75. The number of hydrogen-bond donors (Lipinski definition) is 3. The summed E-state index contributed by atoms with van der Waals surface area (Å²) in [6.07, 6.45) is 1.81. The molecule has 2 aromatic rings. The minimum absolute atomic E-state index is 0.0604. The monoisotopic (exact) mass is 371 g/mol. The summed E-state index contributed by atoms with van der Waals surface area (Å²) in [5, 5.41) is 8.80. The predicted molar refractivity (Wildman–Crippen MR) is 102 cm³/mol. The molecule has 27 heavy (non-hydrogen) atoms. The number of benzene rings is 2. The molecule has 1 unspecified atom stereocenters. The molecule has 142 valence electrons. The predicted octanol–water partition coefficient (Wildman–Crippen LogP) is 3.02. The Morgan fingerprint density at radius 2 is 2.04 bits per heavy atom. The molecule has 1 aliphatic rings. The third-order valence-corrected chi connectivity index (χ3v) is 4.47. The maximum absolute atomic E-state index is 13.3. The number of methoxy groups -OCH3 is 1. The molecule has 2 amide bonds. The standard InChI is InChI=1S/C20H22FN3O3/c1-27-18-8-7-16(23-20(26)14-5-3-9-22-12-14)11-17(18)24-19(25)13-4-2-6-15(21)10-13/h2,4,6-8,10-11,14,22H,3,5,9,12H2,1H3,(H,23,26)(H,24,25). The number of hydrogen-bond acceptors (Lipinski definition) is 4. The fraction of sp³-hybridized carbons (Fsp3) is 0.300. The fourth-order valence-corrected chi connectivity index (χ4v) is 3.03. The molecule has 0 spiro atoms. The smallest absolute Gasteiger partial charge is 0.255 e. The summed E-state index contributed by atoms with van der Waals surface area (Å²) in [6.45, 7) is 1.59. The van der Waals surface area contributed by atoms with Gasteiger partial charge in [0.1, 0.15) is 11.6 Å². The highest BCUT2D eigenvalue weighted by Crippen LogP contribution is 2.29. The molecule has 1 heterocycles. The lowest BCUT2D eigenvalue weighted by Crippen LogP contribution is -2.37. The van der Waals surface area contributed by atoms with E-state index in [1.165, 1.54) is 25.3 Å². The number of amides is 2. The Bertz CT molecular complexity index is 835. The number of ether oxygens (including phenoxy) is 1. The Morgan fingerprint density at radius 3 is 2.74 bits per heavy atom. The highest BCUT2D eigenvalue weighted by atomic mass is 19.1. The van der Waals surface area contributed by atoms with Gasteiger partial charge >= 0.3 is 0 Å². The number of carbonyl (C=O) groups is 2. The third-order valence-electron chi connectivity index (χ3n) is 4.47. The van der Waals surface area contributed by atoms with Crippen LogP contribution in [0, 0.1) is 11.7 Å². The lowest BCUT2D eigenvalue weighted by atomic mass is 9.99. The summed E-state index contributed by atoms with van der Waals surface area (Å²) < 4.78 is 18.6. The van der Waals surface area contributed by atoms with Gasteiger partial charge in [-0.3, -0.25) is 9.59 Å². The normalized spacial score (nSPS) is 16.4. The molecule has 0 aliphatic carbocycles. The van der Waals surface area contributed by atoms with Crippen molar-refractivity contribution in [2.24, 2.45) is 5.92 Å². The van der Waals surface area contributed by atoms with Crippen LogP contribution < -0.4 is 20.7 Å². The Morgan fingerprint density at radius 1 is 1.19 bits per heavy atom. The van der Waals surface area contributed by atoms with Crippen LogP contribution in [-0.4, -0.2) is 32.0 Å². The molecule has 6 nitrogen and oxygen atoms in total. The number of rotatable bonds is 5. The molecular weight excluding hydrogens is 349 g/mol. The molecule has 1 saturated heterocycles. The molecule has 1 fully saturated rings. The lowest BCUT2D eigenvalue weighted by molar-refractivity contribution is -0.120. The Hall–Kier alpha value is -2.93. The average Bonchev–Trinajstić information content (AvgIpc) is 2.69. The van der Waals surface area contributed by atoms with Crippen molar-refractivity contribution in [3.8, 4) is 5.75 Å². The third kappa shape index (κ3) is 4.83. The maximum Gasteiger partial charge on any atom is 0.255 e. The maximum atomic E-state index is 13.3. The second kappa shape index (κ2) is 8.64. The van der Waals surface area contributed by atoms with Crippen molar-refractivity contribution in [3.63, 3.8) is 0 Å². The van der Waals surface area contributed by atoms with Gasteiger partial charge < -0.3 is 20.7 Å². The quantitative estimate of drug-likeness (QED) is 0.755. The minimum atomic E-state index is -0.489. The van der Waals surface area contributed by atoms with Crippen LogP contribution in [0.1, 0.15) is 23.2 Å². The van der Waals surface area contributed by atoms with Crippen LogP contribution in [0.15, 0.2) is 42.5 Å². The van der Waals surface area contributed by atoms with E-state index in [0.717, 1.165) is 25.5 Å². The molecule has 1 atom stereocenters. The van der Waals surface area contributed by atoms with Crippen molar-refractivity contribution in [1.29, 1.82) is 0 Å². The van der Waals surface area contributed by atoms with E-state index >= 15 is 0 Å². The van der Waals surface area contributed by atoms with Gasteiger partial charge in [-0.25, -0.2) is 4.39 Å². The van der Waals surface area contributed by atoms with Crippen molar-refractivity contribution >= 4 is 23.2 Å². The fourth-order valence-electron chi connectivity index (χ4n) is 3.03. The number of anilines is 2. The topological polar surface area (TPSA) is 79.5 Å². The van der Waals surface area contributed by atoms with Crippen molar-refractivity contribution in [2.75, 3.05) is 30.8 Å². The summed E-state index contributed by atoms with van der Waals surface area (Å²) in [6, 6.07) is 10.4. The zero-order chi connectivity index (χ0) is 19.2. The molecule has 7 heteroatoms. The van der Waals surface area contributed by atoms with E-state index in [2.05, 4.69) is 16.0 Å². The van der Waals surface area contributed by atoms with Crippen molar-refractivity contribution in [1.82, 2.24) is 5.32 Å². The first kappa shape index (κ1) is 18.8. The molecule has 3 rings (SSSR count). The van der Waals surface area contributed by atoms with E-state index in [0.29, 0.717) is 23.7 Å². The van der Waals surface area contributed by atoms with E-state index in [1.807, 2.05) is 0 Å². The first-order valence-electron chi connectivity index (χ1n) is 8.83. The first-order valence-corrected chi connectivity index (χ1v) is 8.83. The number of nitrogens with one attached hydrogen (secondary N) is 3. The Labute approximate surface area is 157 Å². The van der Waals surface area contributed by atoms with Gasteiger partial charge in [0.15, 0.2) is 0 Å². The van der Waals surface area contributed by atoms with Crippen LogP contribution in [-0.2, 0) is 4.79 Å². The number of halogens is 1. The van der Waals surface area contributed by atoms with E-state index in [4.69, 9.17) is 4.74 Å². The van der Waals surface area contributed by atoms with Crippen LogP contribution in [0.5, 0.6) is 5.75 Å². The van der Waals surface area contributed by atoms with Crippen molar-refractivity contribution in [2.45, 2.75) is 12.8 Å². The SMILES string of the molecule is COc1ccc(NC(=O)C2CCCNC2)cc1NC(=O)c1cccc(F)c1. The molecule has 0 bridgehead atoms. The van der Waals surface area contributed by atoms with Gasteiger partial charge in [0.25, 0.3) is 5.91 Å². The van der Waals surface area contributed by atoms with E-state index in [9.17, 15) is 14.0 Å². The van der Waals surface area contributed by atoms with E-state index in [-0.39, 0.29) is 17.4 Å². The summed E-state index contributed by atoms with van der Waals surface area (Å²) in [4.78, 5) is 24.8. The van der Waals surface area contributed by atoms with Crippen LogP contribution >= 0.6 is 0 Å². The summed E-state index contributed by atoms with van der Waals surface area (Å²) >= 11 is 0. The lowest BCUT2D eigenvalue weighted by Gasteiger charge is -2.22. The van der Waals surface area contributed by atoms with Crippen LogP contribution in [0.4, 0.5) is 15.8 Å². The largest absolute Gasteiger partial charge is 0.495 e. The second-order valence-corrected chi connectivity index (χ2v) is 6.41. The van der Waals surface area contributed by atoms with Crippen LogP contribution in [0.2, 0.25) is 0 Å². The van der Waals surface area contributed by atoms with Crippen molar-refractivity contribution in [3.05, 3.63) is 53.8 Å². The van der Waals surface area contributed by atoms with E-state index < -0.39 is 11.7 Å². The molecule has 0 saturated carbocycles. The van der Waals surface area contributed by atoms with E-state index in [1.54, 1.807) is 18.2 Å². The van der Waals surface area contributed by atoms with Crippen LogP contribution in [0.25, 0.3) is 0 Å². The van der Waals surface area contributed by atoms with Gasteiger partial charge in [0.05, 0.1) is 18.7 Å².